The van der Waals surface area contributed by atoms with Crippen LogP contribution in [0.1, 0.15) is 30.6 Å². The summed E-state index contributed by atoms with van der Waals surface area (Å²) in [6.07, 6.45) is 6.10. The molecule has 1 fully saturated rings. The zero-order valence-electron chi connectivity index (χ0n) is 9.48. The fourth-order valence-electron chi connectivity index (χ4n) is 2.07. The van der Waals surface area contributed by atoms with E-state index >= 15 is 0 Å². The smallest absolute Gasteiger partial charge is 0.188 e. The van der Waals surface area contributed by atoms with Crippen LogP contribution in [0.5, 0.6) is 0 Å². The van der Waals surface area contributed by atoms with Crippen LogP contribution in [0, 0.1) is 0 Å². The van der Waals surface area contributed by atoms with Gasteiger partial charge in [-0.1, -0.05) is 18.9 Å². The minimum absolute atomic E-state index is 0.561. The topological polar surface area (TPSA) is 50.4 Å². The zero-order chi connectivity index (χ0) is 11.2. The van der Waals surface area contributed by atoms with Crippen molar-refractivity contribution < 1.29 is 0 Å². The van der Waals surface area contributed by atoms with Crippen molar-refractivity contribution in [3.63, 3.8) is 0 Å². The summed E-state index contributed by atoms with van der Waals surface area (Å²) >= 11 is 1.78. The van der Waals surface area contributed by atoms with Crippen LogP contribution in [-0.2, 0) is 6.42 Å². The molecule has 1 heterocycles. The first kappa shape index (κ1) is 11.5. The fourth-order valence-corrected chi connectivity index (χ4v) is 2.76. The Hall–Kier alpha value is -1.03. The van der Waals surface area contributed by atoms with Crippen molar-refractivity contribution in [3.05, 3.63) is 22.4 Å². The average molecular weight is 237 g/mol. The van der Waals surface area contributed by atoms with Gasteiger partial charge in [-0.25, -0.2) is 0 Å². The van der Waals surface area contributed by atoms with E-state index in [4.69, 9.17) is 5.73 Å². The number of nitrogens with two attached hydrogens (primary N) is 1. The Kier molecular flexibility index (Phi) is 4.22. The van der Waals surface area contributed by atoms with Gasteiger partial charge in [0, 0.05) is 23.9 Å². The van der Waals surface area contributed by atoms with E-state index in [9.17, 15) is 0 Å². The highest BCUT2D eigenvalue weighted by Crippen LogP contribution is 2.17. The van der Waals surface area contributed by atoms with Gasteiger partial charge in [0.1, 0.15) is 0 Å². The fraction of sp³-hybridized carbons (Fsp3) is 0.583. The molecule has 1 saturated carbocycles. The number of hydrogen-bond acceptors (Lipinski definition) is 2. The lowest BCUT2D eigenvalue weighted by atomic mass is 10.2. The van der Waals surface area contributed by atoms with E-state index in [-0.39, 0.29) is 0 Å². The molecule has 1 aromatic heterocycles. The summed E-state index contributed by atoms with van der Waals surface area (Å²) in [4.78, 5) is 5.73. The molecule has 0 aromatic carbocycles. The van der Waals surface area contributed by atoms with Crippen molar-refractivity contribution in [2.45, 2.75) is 38.1 Å². The third-order valence-corrected chi connectivity index (χ3v) is 3.86. The zero-order valence-corrected chi connectivity index (χ0v) is 10.3. The van der Waals surface area contributed by atoms with Crippen LogP contribution < -0.4 is 11.1 Å². The Morgan fingerprint density at radius 3 is 3.00 bits per heavy atom. The second kappa shape index (κ2) is 5.89. The molecule has 0 atom stereocenters. The molecule has 0 unspecified atom stereocenters. The van der Waals surface area contributed by atoms with Crippen LogP contribution >= 0.6 is 11.3 Å². The first-order valence-electron chi connectivity index (χ1n) is 5.93. The van der Waals surface area contributed by atoms with Crippen molar-refractivity contribution in [2.75, 3.05) is 6.54 Å². The van der Waals surface area contributed by atoms with Crippen LogP contribution in [0.15, 0.2) is 22.5 Å². The van der Waals surface area contributed by atoms with Crippen molar-refractivity contribution in [3.8, 4) is 0 Å². The standard InChI is InChI=1S/C12H19N3S/c13-12(15-10-4-1-2-5-10)14-8-7-11-6-3-9-16-11/h3,6,9-10H,1-2,4-5,7-8H2,(H3,13,14,15). The molecule has 0 radical (unpaired) electrons. The van der Waals surface area contributed by atoms with Crippen molar-refractivity contribution in [2.24, 2.45) is 10.7 Å². The van der Waals surface area contributed by atoms with Gasteiger partial charge in [0.2, 0.25) is 0 Å². The van der Waals surface area contributed by atoms with E-state index < -0.39 is 0 Å². The number of rotatable bonds is 4. The van der Waals surface area contributed by atoms with Gasteiger partial charge >= 0.3 is 0 Å². The minimum Gasteiger partial charge on any atom is -0.370 e. The molecule has 1 aliphatic carbocycles. The Morgan fingerprint density at radius 2 is 2.31 bits per heavy atom. The SMILES string of the molecule is NC(=NCCc1cccs1)NC1CCCC1. The van der Waals surface area contributed by atoms with E-state index in [2.05, 4.69) is 27.8 Å². The molecule has 16 heavy (non-hydrogen) atoms. The quantitative estimate of drug-likeness (QED) is 0.622. The Morgan fingerprint density at radius 1 is 1.50 bits per heavy atom. The number of guanidine groups is 1. The molecule has 3 N–H and O–H groups in total. The number of nitrogens with zero attached hydrogens (tertiary/aromatic N) is 1. The molecule has 0 spiro atoms. The highest BCUT2D eigenvalue weighted by atomic mass is 32.1. The summed E-state index contributed by atoms with van der Waals surface area (Å²) < 4.78 is 0. The maximum atomic E-state index is 5.84. The molecule has 2 rings (SSSR count). The average Bonchev–Trinajstić information content (AvgIpc) is 2.90. The molecule has 3 nitrogen and oxygen atoms in total. The van der Waals surface area contributed by atoms with Crippen LogP contribution in [-0.4, -0.2) is 18.5 Å². The predicted octanol–water partition coefficient (Wildman–Crippen LogP) is 2.14. The van der Waals surface area contributed by atoms with E-state index in [1.807, 2.05) is 0 Å². The normalized spacial score (nSPS) is 17.9. The van der Waals surface area contributed by atoms with Crippen molar-refractivity contribution in [1.29, 1.82) is 0 Å². The van der Waals surface area contributed by atoms with Gasteiger partial charge < -0.3 is 11.1 Å². The molecule has 0 saturated heterocycles. The first-order valence-corrected chi connectivity index (χ1v) is 6.81. The summed E-state index contributed by atoms with van der Waals surface area (Å²) in [5.74, 6) is 0.614. The molecule has 0 aliphatic heterocycles. The van der Waals surface area contributed by atoms with Gasteiger partial charge in [-0.3, -0.25) is 4.99 Å². The van der Waals surface area contributed by atoms with Crippen LogP contribution in [0.3, 0.4) is 0 Å². The van der Waals surface area contributed by atoms with Crippen molar-refractivity contribution >= 4 is 17.3 Å². The highest BCUT2D eigenvalue weighted by Gasteiger charge is 2.14. The van der Waals surface area contributed by atoms with Gasteiger partial charge in [-0.2, -0.15) is 0 Å². The lowest BCUT2D eigenvalue weighted by Gasteiger charge is -2.11. The van der Waals surface area contributed by atoms with Crippen LogP contribution in [0.4, 0.5) is 0 Å². The lowest BCUT2D eigenvalue weighted by molar-refractivity contribution is 0.625. The van der Waals surface area contributed by atoms with Crippen LogP contribution in [0.25, 0.3) is 0 Å². The van der Waals surface area contributed by atoms with Crippen LogP contribution in [0.2, 0.25) is 0 Å². The first-order chi connectivity index (χ1) is 7.84. The minimum atomic E-state index is 0.561. The molecule has 1 aliphatic rings. The monoisotopic (exact) mass is 237 g/mol. The Bertz CT molecular complexity index is 326. The van der Waals surface area contributed by atoms with E-state index in [0.717, 1.165) is 13.0 Å². The maximum absolute atomic E-state index is 5.84. The largest absolute Gasteiger partial charge is 0.370 e. The third-order valence-electron chi connectivity index (χ3n) is 2.93. The van der Waals surface area contributed by atoms with E-state index in [0.29, 0.717) is 12.0 Å². The van der Waals surface area contributed by atoms with E-state index in [1.54, 1.807) is 11.3 Å². The molecule has 0 bridgehead atoms. The van der Waals surface area contributed by atoms with Gasteiger partial charge in [-0.05, 0) is 24.3 Å². The Balaban J connectivity index is 1.69. The molecule has 1 aromatic rings. The van der Waals surface area contributed by atoms with Gasteiger partial charge in [0.15, 0.2) is 5.96 Å². The second-order valence-corrected chi connectivity index (χ2v) is 5.25. The number of nitrogens with one attached hydrogen (secondary N) is 1. The summed E-state index contributed by atoms with van der Waals surface area (Å²) in [5.41, 5.74) is 5.84. The molecule has 4 heteroatoms. The van der Waals surface area contributed by atoms with E-state index in [1.165, 1.54) is 30.6 Å². The summed E-state index contributed by atoms with van der Waals surface area (Å²) in [7, 11) is 0. The lowest BCUT2D eigenvalue weighted by Crippen LogP contribution is -2.38. The number of hydrogen-bond donors (Lipinski definition) is 2. The maximum Gasteiger partial charge on any atom is 0.188 e. The van der Waals surface area contributed by atoms with Crippen molar-refractivity contribution in [1.82, 2.24) is 5.32 Å². The number of aliphatic imine (C=N–C) groups is 1. The second-order valence-electron chi connectivity index (χ2n) is 4.22. The number of thiophene rings is 1. The highest BCUT2D eigenvalue weighted by molar-refractivity contribution is 7.09. The molecular weight excluding hydrogens is 218 g/mol. The summed E-state index contributed by atoms with van der Waals surface area (Å²) in [5, 5.41) is 5.39. The van der Waals surface area contributed by atoms with Gasteiger partial charge in [0.25, 0.3) is 0 Å². The molecule has 88 valence electrons. The third kappa shape index (κ3) is 3.52. The predicted molar refractivity (Wildman–Crippen MR) is 69.9 cm³/mol. The van der Waals surface area contributed by atoms with Gasteiger partial charge in [0.05, 0.1) is 0 Å². The Labute approximate surface area is 101 Å². The summed E-state index contributed by atoms with van der Waals surface area (Å²) in [6, 6.07) is 4.77. The molecular formula is C12H19N3S. The summed E-state index contributed by atoms with van der Waals surface area (Å²) in [6.45, 7) is 0.784. The molecule has 0 amide bonds. The van der Waals surface area contributed by atoms with Gasteiger partial charge in [-0.15, -0.1) is 11.3 Å².